The quantitative estimate of drug-likeness (QED) is 0.802. The van der Waals surface area contributed by atoms with Crippen molar-refractivity contribution in [2.45, 2.75) is 19.8 Å². The molecule has 1 aliphatic rings. The molecule has 0 bridgehead atoms. The minimum absolute atomic E-state index is 0.326. The van der Waals surface area contributed by atoms with E-state index in [2.05, 4.69) is 15.1 Å². The van der Waals surface area contributed by atoms with Gasteiger partial charge >= 0.3 is 5.97 Å². The molecule has 2 heterocycles. The van der Waals surface area contributed by atoms with E-state index in [4.69, 9.17) is 4.74 Å². The topological polar surface area (TPSA) is 55.3 Å². The Morgan fingerprint density at radius 1 is 1.25 bits per heavy atom. The molecule has 0 unspecified atom stereocenters. The maximum absolute atomic E-state index is 12.1. The summed E-state index contributed by atoms with van der Waals surface area (Å²) in [7, 11) is 0. The van der Waals surface area contributed by atoms with Crippen molar-refractivity contribution in [3.8, 4) is 0 Å². The molecule has 1 saturated heterocycles. The van der Waals surface area contributed by atoms with Gasteiger partial charge in [-0.2, -0.15) is 0 Å². The molecule has 1 aromatic carbocycles. The highest BCUT2D eigenvalue weighted by molar-refractivity contribution is 6.03. The van der Waals surface area contributed by atoms with Gasteiger partial charge in [-0.15, -0.1) is 10.2 Å². The van der Waals surface area contributed by atoms with Crippen LogP contribution >= 0.6 is 0 Å². The van der Waals surface area contributed by atoms with Crippen molar-refractivity contribution in [1.29, 1.82) is 0 Å². The third kappa shape index (κ3) is 2.19. The largest absolute Gasteiger partial charge is 0.461 e. The summed E-state index contributed by atoms with van der Waals surface area (Å²) in [6.07, 6.45) is 2.28. The van der Waals surface area contributed by atoms with Gasteiger partial charge in [0.05, 0.1) is 17.8 Å². The second-order valence-electron chi connectivity index (χ2n) is 4.83. The summed E-state index contributed by atoms with van der Waals surface area (Å²) < 4.78 is 5.11. The Morgan fingerprint density at radius 2 is 2.00 bits per heavy atom. The Kier molecular flexibility index (Phi) is 3.50. The lowest BCUT2D eigenvalue weighted by Crippen LogP contribution is -2.23. The van der Waals surface area contributed by atoms with Gasteiger partial charge in [0, 0.05) is 18.5 Å². The lowest BCUT2D eigenvalue weighted by Gasteiger charge is -2.21. The summed E-state index contributed by atoms with van der Waals surface area (Å²) in [6, 6.07) is 7.78. The van der Waals surface area contributed by atoms with Crippen LogP contribution in [-0.2, 0) is 4.74 Å². The molecule has 5 nitrogen and oxygen atoms in total. The van der Waals surface area contributed by atoms with Gasteiger partial charge in [-0.05, 0) is 25.8 Å². The van der Waals surface area contributed by atoms with Gasteiger partial charge in [0.25, 0.3) is 0 Å². The number of carbonyl (C=O) groups excluding carboxylic acids is 1. The summed E-state index contributed by atoms with van der Waals surface area (Å²) in [6.45, 7) is 4.03. The normalized spacial score (nSPS) is 14.8. The van der Waals surface area contributed by atoms with Crippen molar-refractivity contribution >= 4 is 22.6 Å². The fourth-order valence-corrected chi connectivity index (χ4v) is 2.64. The number of hydrogen-bond donors (Lipinski definition) is 0. The molecular formula is C15H17N3O2. The standard InChI is InChI=1S/C15H17N3O2/c1-2-20-15(19)13-14(18-9-5-6-10-18)11-7-3-4-8-12(11)16-17-13/h3-4,7-8H,2,5-6,9-10H2,1H3. The van der Waals surface area contributed by atoms with Crippen LogP contribution in [0.25, 0.3) is 10.9 Å². The van der Waals surface area contributed by atoms with Crippen LogP contribution < -0.4 is 4.90 Å². The molecule has 0 atom stereocenters. The van der Waals surface area contributed by atoms with Crippen LogP contribution in [-0.4, -0.2) is 35.9 Å². The van der Waals surface area contributed by atoms with Crippen molar-refractivity contribution < 1.29 is 9.53 Å². The molecular weight excluding hydrogens is 254 g/mol. The van der Waals surface area contributed by atoms with Crippen molar-refractivity contribution in [2.75, 3.05) is 24.6 Å². The molecule has 1 aromatic heterocycles. The van der Waals surface area contributed by atoms with Gasteiger partial charge in [0.15, 0.2) is 5.69 Å². The number of fused-ring (bicyclic) bond motifs is 1. The SMILES string of the molecule is CCOC(=O)c1nnc2ccccc2c1N1CCCC1. The molecule has 104 valence electrons. The average Bonchev–Trinajstić information content (AvgIpc) is 3.00. The second kappa shape index (κ2) is 5.45. The number of anilines is 1. The van der Waals surface area contributed by atoms with Crippen LogP contribution in [0.2, 0.25) is 0 Å². The zero-order valence-electron chi connectivity index (χ0n) is 11.5. The van der Waals surface area contributed by atoms with E-state index in [1.807, 2.05) is 24.3 Å². The van der Waals surface area contributed by atoms with Crippen LogP contribution in [0.1, 0.15) is 30.3 Å². The van der Waals surface area contributed by atoms with Crippen LogP contribution in [0, 0.1) is 0 Å². The van der Waals surface area contributed by atoms with Crippen LogP contribution in [0.5, 0.6) is 0 Å². The first-order valence-corrected chi connectivity index (χ1v) is 6.98. The molecule has 1 aliphatic heterocycles. The molecule has 2 aromatic rings. The maximum Gasteiger partial charge on any atom is 0.361 e. The summed E-state index contributed by atoms with van der Waals surface area (Å²) in [5.74, 6) is -0.396. The smallest absolute Gasteiger partial charge is 0.361 e. The molecule has 20 heavy (non-hydrogen) atoms. The zero-order valence-corrected chi connectivity index (χ0v) is 11.5. The Hall–Kier alpha value is -2.17. The molecule has 0 N–H and O–H groups in total. The maximum atomic E-state index is 12.1. The molecule has 0 aliphatic carbocycles. The van der Waals surface area contributed by atoms with E-state index in [-0.39, 0.29) is 0 Å². The number of ether oxygens (including phenoxy) is 1. The lowest BCUT2D eigenvalue weighted by atomic mass is 10.1. The van der Waals surface area contributed by atoms with Crippen LogP contribution in [0.3, 0.4) is 0 Å². The Morgan fingerprint density at radius 3 is 2.75 bits per heavy atom. The Labute approximate surface area is 117 Å². The highest BCUT2D eigenvalue weighted by Gasteiger charge is 2.24. The summed E-state index contributed by atoms with van der Waals surface area (Å²) in [4.78, 5) is 14.3. The van der Waals surface area contributed by atoms with E-state index in [9.17, 15) is 4.79 Å². The number of esters is 1. The van der Waals surface area contributed by atoms with Crippen molar-refractivity contribution in [1.82, 2.24) is 10.2 Å². The monoisotopic (exact) mass is 271 g/mol. The van der Waals surface area contributed by atoms with Gasteiger partial charge < -0.3 is 9.64 Å². The third-order valence-corrected chi connectivity index (χ3v) is 3.53. The molecule has 3 rings (SSSR count). The Bertz CT molecular complexity index is 636. The van der Waals surface area contributed by atoms with Crippen molar-refractivity contribution in [3.63, 3.8) is 0 Å². The predicted octanol–water partition coefficient (Wildman–Crippen LogP) is 2.41. The summed E-state index contributed by atoms with van der Waals surface area (Å²) in [5.41, 5.74) is 2.00. The molecule has 0 radical (unpaired) electrons. The fourth-order valence-electron chi connectivity index (χ4n) is 2.64. The Balaban J connectivity index is 2.17. The minimum Gasteiger partial charge on any atom is -0.461 e. The van der Waals surface area contributed by atoms with E-state index in [0.717, 1.165) is 42.5 Å². The van der Waals surface area contributed by atoms with E-state index in [1.54, 1.807) is 6.92 Å². The number of nitrogens with zero attached hydrogens (tertiary/aromatic N) is 3. The van der Waals surface area contributed by atoms with Crippen molar-refractivity contribution in [3.05, 3.63) is 30.0 Å². The molecule has 0 amide bonds. The van der Waals surface area contributed by atoms with Gasteiger partial charge in [-0.1, -0.05) is 18.2 Å². The number of carbonyl (C=O) groups is 1. The van der Waals surface area contributed by atoms with Crippen LogP contribution in [0.15, 0.2) is 24.3 Å². The molecule has 5 heteroatoms. The summed E-state index contributed by atoms with van der Waals surface area (Å²) in [5, 5.41) is 9.21. The fraction of sp³-hybridized carbons (Fsp3) is 0.400. The molecule has 1 fully saturated rings. The number of benzene rings is 1. The molecule has 0 saturated carbocycles. The number of aromatic nitrogens is 2. The van der Waals surface area contributed by atoms with E-state index >= 15 is 0 Å². The third-order valence-electron chi connectivity index (χ3n) is 3.53. The highest BCUT2D eigenvalue weighted by Crippen LogP contribution is 2.31. The number of hydrogen-bond acceptors (Lipinski definition) is 5. The first-order chi connectivity index (χ1) is 9.81. The average molecular weight is 271 g/mol. The van der Waals surface area contributed by atoms with Gasteiger partial charge in [-0.3, -0.25) is 0 Å². The van der Waals surface area contributed by atoms with Gasteiger partial charge in [0.2, 0.25) is 0 Å². The first-order valence-electron chi connectivity index (χ1n) is 6.98. The number of rotatable bonds is 3. The first kappa shape index (κ1) is 12.8. The highest BCUT2D eigenvalue weighted by atomic mass is 16.5. The minimum atomic E-state index is -0.396. The molecule has 0 spiro atoms. The van der Waals surface area contributed by atoms with E-state index in [1.165, 1.54) is 0 Å². The van der Waals surface area contributed by atoms with E-state index < -0.39 is 5.97 Å². The summed E-state index contributed by atoms with van der Waals surface area (Å²) >= 11 is 0. The van der Waals surface area contributed by atoms with Crippen molar-refractivity contribution in [2.24, 2.45) is 0 Å². The lowest BCUT2D eigenvalue weighted by molar-refractivity contribution is 0.0519. The zero-order chi connectivity index (χ0) is 13.9. The second-order valence-corrected chi connectivity index (χ2v) is 4.83. The van der Waals surface area contributed by atoms with E-state index in [0.29, 0.717) is 12.3 Å². The van der Waals surface area contributed by atoms with Crippen LogP contribution in [0.4, 0.5) is 5.69 Å². The van der Waals surface area contributed by atoms with Gasteiger partial charge in [0.1, 0.15) is 0 Å². The predicted molar refractivity (Wildman–Crippen MR) is 76.9 cm³/mol. The van der Waals surface area contributed by atoms with Gasteiger partial charge in [-0.25, -0.2) is 4.79 Å².